The summed E-state index contributed by atoms with van der Waals surface area (Å²) in [6.45, 7) is 0. The van der Waals surface area contributed by atoms with Gasteiger partial charge >= 0.3 is 0 Å². The van der Waals surface area contributed by atoms with Crippen LogP contribution in [0.15, 0.2) is 76.4 Å². The zero-order valence-corrected chi connectivity index (χ0v) is 16.0. The first-order chi connectivity index (χ1) is 14.1. The van der Waals surface area contributed by atoms with Gasteiger partial charge in [0.15, 0.2) is 11.6 Å². The number of primary amides is 1. The predicted molar refractivity (Wildman–Crippen MR) is 112 cm³/mol. The maximum absolute atomic E-state index is 12.4. The van der Waals surface area contributed by atoms with Crippen LogP contribution < -0.4 is 11.1 Å². The molecule has 0 bridgehead atoms. The van der Waals surface area contributed by atoms with Crippen molar-refractivity contribution in [2.24, 2.45) is 5.73 Å². The SMILES string of the molecule is NC(=O)c1ccc(NC(=O)CSc2nc(-c3ccco3)nc3ccccc23)cc1. The lowest BCUT2D eigenvalue weighted by atomic mass is 10.2. The van der Waals surface area contributed by atoms with Crippen molar-refractivity contribution in [3.05, 3.63) is 72.5 Å². The van der Waals surface area contributed by atoms with Crippen LogP contribution in [0.4, 0.5) is 5.69 Å². The van der Waals surface area contributed by atoms with Gasteiger partial charge in [-0.15, -0.1) is 0 Å². The lowest BCUT2D eigenvalue weighted by Crippen LogP contribution is -2.15. The summed E-state index contributed by atoms with van der Waals surface area (Å²) in [5.41, 5.74) is 6.97. The maximum Gasteiger partial charge on any atom is 0.248 e. The first kappa shape index (κ1) is 18.7. The molecule has 0 unspecified atom stereocenters. The number of hydrogen-bond donors (Lipinski definition) is 2. The lowest BCUT2D eigenvalue weighted by molar-refractivity contribution is -0.113. The molecule has 4 rings (SSSR count). The Kier molecular flexibility index (Phi) is 5.26. The number of carbonyl (C=O) groups excluding carboxylic acids is 2. The van der Waals surface area contributed by atoms with Crippen molar-refractivity contribution < 1.29 is 14.0 Å². The molecule has 0 aliphatic carbocycles. The Morgan fingerprint density at radius 2 is 1.79 bits per heavy atom. The van der Waals surface area contributed by atoms with Gasteiger partial charge in [-0.05, 0) is 42.5 Å². The van der Waals surface area contributed by atoms with Gasteiger partial charge in [0.1, 0.15) is 5.03 Å². The molecule has 29 heavy (non-hydrogen) atoms. The fraction of sp³-hybridized carbons (Fsp3) is 0.0476. The molecule has 0 spiro atoms. The molecule has 2 aromatic heterocycles. The van der Waals surface area contributed by atoms with E-state index < -0.39 is 5.91 Å². The second-order valence-electron chi connectivity index (χ2n) is 6.13. The van der Waals surface area contributed by atoms with E-state index in [1.165, 1.54) is 11.8 Å². The van der Waals surface area contributed by atoms with Crippen LogP contribution in [0.2, 0.25) is 0 Å². The van der Waals surface area contributed by atoms with Crippen molar-refractivity contribution in [1.29, 1.82) is 0 Å². The number of fused-ring (bicyclic) bond motifs is 1. The zero-order valence-electron chi connectivity index (χ0n) is 15.2. The fourth-order valence-electron chi connectivity index (χ4n) is 2.72. The molecule has 8 heteroatoms. The minimum atomic E-state index is -0.513. The number of nitrogens with zero attached hydrogens (tertiary/aromatic N) is 2. The van der Waals surface area contributed by atoms with Crippen molar-refractivity contribution in [3.8, 4) is 11.6 Å². The number of thioether (sulfide) groups is 1. The highest BCUT2D eigenvalue weighted by molar-refractivity contribution is 8.00. The highest BCUT2D eigenvalue weighted by Crippen LogP contribution is 2.28. The molecule has 0 aliphatic rings. The Bertz CT molecular complexity index is 1170. The summed E-state index contributed by atoms with van der Waals surface area (Å²) < 4.78 is 5.41. The number of amides is 2. The van der Waals surface area contributed by atoms with E-state index in [0.717, 1.165) is 10.9 Å². The van der Waals surface area contributed by atoms with Gasteiger partial charge in [0.25, 0.3) is 0 Å². The van der Waals surface area contributed by atoms with Gasteiger partial charge in [-0.2, -0.15) is 0 Å². The summed E-state index contributed by atoms with van der Waals surface area (Å²) in [5.74, 6) is 0.497. The molecule has 0 saturated heterocycles. The minimum Gasteiger partial charge on any atom is -0.461 e. The third-order valence-electron chi connectivity index (χ3n) is 4.10. The zero-order chi connectivity index (χ0) is 20.2. The minimum absolute atomic E-state index is 0.163. The van der Waals surface area contributed by atoms with E-state index >= 15 is 0 Å². The second-order valence-corrected chi connectivity index (χ2v) is 7.09. The largest absolute Gasteiger partial charge is 0.461 e. The van der Waals surface area contributed by atoms with Crippen LogP contribution >= 0.6 is 11.8 Å². The number of nitrogens with two attached hydrogens (primary N) is 1. The number of para-hydroxylation sites is 1. The van der Waals surface area contributed by atoms with E-state index in [1.807, 2.05) is 24.3 Å². The van der Waals surface area contributed by atoms with Crippen LogP contribution in [0.1, 0.15) is 10.4 Å². The van der Waals surface area contributed by atoms with Crippen LogP contribution in [0.25, 0.3) is 22.5 Å². The van der Waals surface area contributed by atoms with Gasteiger partial charge in [-0.25, -0.2) is 9.97 Å². The average molecular weight is 404 g/mol. The second kappa shape index (κ2) is 8.15. The number of nitrogens with one attached hydrogen (secondary N) is 1. The summed E-state index contributed by atoms with van der Waals surface area (Å²) in [6.07, 6.45) is 1.57. The molecule has 7 nitrogen and oxygen atoms in total. The number of furan rings is 1. The van der Waals surface area contributed by atoms with Crippen LogP contribution in [0.5, 0.6) is 0 Å². The van der Waals surface area contributed by atoms with Crippen molar-refractivity contribution in [1.82, 2.24) is 9.97 Å². The van der Waals surface area contributed by atoms with Gasteiger partial charge < -0.3 is 15.5 Å². The lowest BCUT2D eigenvalue weighted by Gasteiger charge is -2.08. The van der Waals surface area contributed by atoms with E-state index in [1.54, 1.807) is 42.7 Å². The van der Waals surface area contributed by atoms with Crippen molar-refractivity contribution in [2.45, 2.75) is 5.03 Å². The Labute approximate surface area is 170 Å². The normalized spacial score (nSPS) is 10.8. The third-order valence-corrected chi connectivity index (χ3v) is 5.09. The van der Waals surface area contributed by atoms with Crippen LogP contribution in [-0.4, -0.2) is 27.5 Å². The van der Waals surface area contributed by atoms with E-state index in [4.69, 9.17) is 10.2 Å². The fourth-order valence-corrected chi connectivity index (χ4v) is 3.54. The van der Waals surface area contributed by atoms with E-state index in [-0.39, 0.29) is 11.7 Å². The highest BCUT2D eigenvalue weighted by Gasteiger charge is 2.13. The van der Waals surface area contributed by atoms with Crippen molar-refractivity contribution in [2.75, 3.05) is 11.1 Å². The molecule has 2 amide bonds. The van der Waals surface area contributed by atoms with Crippen LogP contribution in [0.3, 0.4) is 0 Å². The summed E-state index contributed by atoms with van der Waals surface area (Å²) in [6, 6.07) is 17.6. The predicted octanol–water partition coefficient (Wildman–Crippen LogP) is 3.72. The van der Waals surface area contributed by atoms with Crippen LogP contribution in [0, 0.1) is 0 Å². The molecule has 2 heterocycles. The van der Waals surface area contributed by atoms with Gasteiger partial charge in [0.05, 0.1) is 17.5 Å². The number of anilines is 1. The third kappa shape index (κ3) is 4.27. The first-order valence-electron chi connectivity index (χ1n) is 8.73. The monoisotopic (exact) mass is 404 g/mol. The average Bonchev–Trinajstić information content (AvgIpc) is 3.27. The maximum atomic E-state index is 12.4. The molecule has 0 aliphatic heterocycles. The Morgan fingerprint density at radius 3 is 2.52 bits per heavy atom. The Hall–Kier alpha value is -3.65. The first-order valence-corrected chi connectivity index (χ1v) is 9.72. The van der Waals surface area contributed by atoms with Gasteiger partial charge in [-0.3, -0.25) is 9.59 Å². The quantitative estimate of drug-likeness (QED) is 0.374. The number of benzene rings is 2. The summed E-state index contributed by atoms with van der Waals surface area (Å²) in [5, 5.41) is 4.36. The molecular formula is C21H16N4O3S. The van der Waals surface area contributed by atoms with E-state index in [2.05, 4.69) is 15.3 Å². The molecule has 0 radical (unpaired) electrons. The Balaban J connectivity index is 1.51. The summed E-state index contributed by atoms with van der Waals surface area (Å²) in [7, 11) is 0. The molecule has 3 N–H and O–H groups in total. The number of carbonyl (C=O) groups is 2. The molecular weight excluding hydrogens is 388 g/mol. The summed E-state index contributed by atoms with van der Waals surface area (Å²) >= 11 is 1.32. The molecule has 0 fully saturated rings. The molecule has 0 atom stereocenters. The van der Waals surface area contributed by atoms with Gasteiger partial charge in [0, 0.05) is 16.6 Å². The Morgan fingerprint density at radius 1 is 1.00 bits per heavy atom. The number of hydrogen-bond acceptors (Lipinski definition) is 6. The van der Waals surface area contributed by atoms with Gasteiger partial charge in [-0.1, -0.05) is 30.0 Å². The van der Waals surface area contributed by atoms with E-state index in [0.29, 0.717) is 27.9 Å². The van der Waals surface area contributed by atoms with E-state index in [9.17, 15) is 9.59 Å². The molecule has 0 saturated carbocycles. The molecule has 4 aromatic rings. The number of aromatic nitrogens is 2. The number of rotatable bonds is 6. The summed E-state index contributed by atoms with van der Waals surface area (Å²) in [4.78, 5) is 32.6. The van der Waals surface area contributed by atoms with Crippen molar-refractivity contribution >= 4 is 40.2 Å². The van der Waals surface area contributed by atoms with Crippen molar-refractivity contribution in [3.63, 3.8) is 0 Å². The smallest absolute Gasteiger partial charge is 0.248 e. The topological polar surface area (TPSA) is 111 Å². The standard InChI is InChI=1S/C21H16N4O3S/c22-19(27)13-7-9-14(10-8-13)23-18(26)12-29-21-15-4-1-2-5-16(15)24-20(25-21)17-6-3-11-28-17/h1-11H,12H2,(H2,22,27)(H,23,26). The van der Waals surface area contributed by atoms with Gasteiger partial charge in [0.2, 0.25) is 11.8 Å². The molecule has 144 valence electrons. The highest BCUT2D eigenvalue weighted by atomic mass is 32.2. The van der Waals surface area contributed by atoms with Crippen LogP contribution in [-0.2, 0) is 4.79 Å². The molecule has 2 aromatic carbocycles.